The summed E-state index contributed by atoms with van der Waals surface area (Å²) in [7, 11) is 0. The van der Waals surface area contributed by atoms with E-state index in [0.717, 1.165) is 13.0 Å². The van der Waals surface area contributed by atoms with Crippen LogP contribution < -0.4 is 27.0 Å². The van der Waals surface area contributed by atoms with Crippen LogP contribution in [0.5, 0.6) is 0 Å². The molecule has 11 heteroatoms. The number of carbonyl (C=O) groups is 4. The third-order valence-electron chi connectivity index (χ3n) is 4.51. The van der Waals surface area contributed by atoms with Crippen molar-refractivity contribution in [3.8, 4) is 0 Å². The molecule has 10 nitrogen and oxygen atoms in total. The average molecular weight is 418 g/mol. The Bertz CT molecular complexity index is 556. The van der Waals surface area contributed by atoms with E-state index in [9.17, 15) is 24.3 Å². The van der Waals surface area contributed by atoms with E-state index in [1.54, 1.807) is 0 Å². The van der Waals surface area contributed by atoms with Gasteiger partial charge >= 0.3 is 5.97 Å². The average Bonchev–Trinajstić information content (AvgIpc) is 3.19. The zero-order valence-electron chi connectivity index (χ0n) is 16.1. The van der Waals surface area contributed by atoms with Crippen LogP contribution in [0.2, 0.25) is 0 Å². The largest absolute Gasteiger partial charge is 0.480 e. The summed E-state index contributed by atoms with van der Waals surface area (Å²) in [5, 5.41) is 19.8. The van der Waals surface area contributed by atoms with Gasteiger partial charge in [-0.15, -0.1) is 0 Å². The number of amides is 3. The molecule has 1 heterocycles. The quantitative estimate of drug-likeness (QED) is 0.148. The van der Waals surface area contributed by atoms with Gasteiger partial charge in [0.15, 0.2) is 0 Å². The normalized spacial score (nSPS) is 19.3. The number of aliphatic carboxylic acids is 1. The van der Waals surface area contributed by atoms with Crippen LogP contribution in [0.4, 0.5) is 0 Å². The number of hydrogen-bond acceptors (Lipinski definition) is 7. The first-order valence-electron chi connectivity index (χ1n) is 9.48. The number of nitrogens with one attached hydrogen (secondary N) is 4. The Morgan fingerprint density at radius 3 is 2.39 bits per heavy atom. The van der Waals surface area contributed by atoms with E-state index in [1.807, 2.05) is 0 Å². The molecule has 160 valence electrons. The number of carbonyl (C=O) groups excluding carboxylic acids is 3. The van der Waals surface area contributed by atoms with Crippen molar-refractivity contribution >= 4 is 36.3 Å². The molecule has 1 rings (SSSR count). The smallest absolute Gasteiger partial charge is 0.326 e. The fourth-order valence-electron chi connectivity index (χ4n) is 2.80. The molecule has 1 aliphatic rings. The highest BCUT2D eigenvalue weighted by Gasteiger charge is 2.29. The number of hydrogen-bond donors (Lipinski definition) is 7. The van der Waals surface area contributed by atoms with Crippen LogP contribution in [0, 0.1) is 0 Å². The third-order valence-corrected chi connectivity index (χ3v) is 4.87. The third kappa shape index (κ3) is 8.03. The number of rotatable bonds is 12. The monoisotopic (exact) mass is 417 g/mol. The summed E-state index contributed by atoms with van der Waals surface area (Å²) in [6.07, 6.45) is 3.07. The van der Waals surface area contributed by atoms with Crippen molar-refractivity contribution < 1.29 is 24.3 Å². The van der Waals surface area contributed by atoms with Crippen LogP contribution in [0.1, 0.15) is 39.0 Å². The summed E-state index contributed by atoms with van der Waals surface area (Å²) < 4.78 is 0. The number of carboxylic acids is 1. The molecule has 0 radical (unpaired) electrons. The molecule has 3 amide bonds. The standard InChI is InChI=1S/C17H31N5O5S/c1-10(14(23)21-12(17(26)27)5-2-3-7-18)20-16(25)13(9-28)22-15(24)11-6-4-8-19-11/h10-13,19,28H,2-9,18H2,1H3,(H,20,25)(H,21,23)(H,22,24)(H,26,27). The molecule has 4 atom stereocenters. The Hall–Kier alpha value is -1.85. The summed E-state index contributed by atoms with van der Waals surface area (Å²) in [6.45, 7) is 2.64. The van der Waals surface area contributed by atoms with Crippen molar-refractivity contribution in [2.45, 2.75) is 63.2 Å². The van der Waals surface area contributed by atoms with Gasteiger partial charge in [-0.1, -0.05) is 0 Å². The van der Waals surface area contributed by atoms with E-state index >= 15 is 0 Å². The maximum atomic E-state index is 12.4. The van der Waals surface area contributed by atoms with Crippen LogP contribution in [-0.2, 0) is 19.2 Å². The lowest BCUT2D eigenvalue weighted by molar-refractivity contribution is -0.142. The van der Waals surface area contributed by atoms with Crippen molar-refractivity contribution in [3.05, 3.63) is 0 Å². The molecular weight excluding hydrogens is 386 g/mol. The molecule has 1 saturated heterocycles. The first kappa shape index (κ1) is 24.2. The van der Waals surface area contributed by atoms with Gasteiger partial charge in [0.25, 0.3) is 0 Å². The highest BCUT2D eigenvalue weighted by molar-refractivity contribution is 7.80. The molecule has 0 aliphatic carbocycles. The van der Waals surface area contributed by atoms with Gasteiger partial charge in [0.1, 0.15) is 18.1 Å². The van der Waals surface area contributed by atoms with Gasteiger partial charge in [-0.3, -0.25) is 14.4 Å². The summed E-state index contributed by atoms with van der Waals surface area (Å²) in [4.78, 5) is 48.0. The highest BCUT2D eigenvalue weighted by Crippen LogP contribution is 2.06. The Labute approximate surface area is 170 Å². The van der Waals surface area contributed by atoms with Gasteiger partial charge in [0.2, 0.25) is 17.7 Å². The summed E-state index contributed by atoms with van der Waals surface area (Å²) >= 11 is 4.09. The maximum absolute atomic E-state index is 12.4. The van der Waals surface area contributed by atoms with Gasteiger partial charge in [-0.05, 0) is 52.1 Å². The molecule has 1 fully saturated rings. The van der Waals surface area contributed by atoms with Gasteiger partial charge < -0.3 is 32.1 Å². The fourth-order valence-corrected chi connectivity index (χ4v) is 3.06. The minimum absolute atomic E-state index is 0.0650. The molecule has 0 aromatic rings. The van der Waals surface area contributed by atoms with Crippen LogP contribution in [0.3, 0.4) is 0 Å². The summed E-state index contributed by atoms with van der Waals surface area (Å²) in [6, 6.07) is -3.24. The van der Waals surface area contributed by atoms with Crippen molar-refractivity contribution in [1.29, 1.82) is 0 Å². The SMILES string of the molecule is CC(NC(=O)C(CS)NC(=O)C1CCCN1)C(=O)NC(CCCCN)C(=O)O. The second-order valence-corrected chi connectivity index (χ2v) is 7.17. The number of carboxylic acid groups (broad SMARTS) is 1. The zero-order valence-corrected chi connectivity index (χ0v) is 17.0. The minimum Gasteiger partial charge on any atom is -0.480 e. The van der Waals surface area contributed by atoms with E-state index < -0.39 is 35.9 Å². The van der Waals surface area contributed by atoms with Gasteiger partial charge in [0.05, 0.1) is 6.04 Å². The van der Waals surface area contributed by atoms with Crippen LogP contribution in [-0.4, -0.2) is 71.8 Å². The van der Waals surface area contributed by atoms with Crippen LogP contribution in [0.15, 0.2) is 0 Å². The second-order valence-electron chi connectivity index (χ2n) is 6.81. The van der Waals surface area contributed by atoms with E-state index in [2.05, 4.69) is 33.9 Å². The molecule has 0 aromatic carbocycles. The van der Waals surface area contributed by atoms with Crippen molar-refractivity contribution in [3.63, 3.8) is 0 Å². The molecule has 4 unspecified atom stereocenters. The highest BCUT2D eigenvalue weighted by atomic mass is 32.1. The molecule has 28 heavy (non-hydrogen) atoms. The second kappa shape index (κ2) is 12.6. The Balaban J connectivity index is 2.53. The Kier molecular flexibility index (Phi) is 10.9. The fraction of sp³-hybridized carbons (Fsp3) is 0.765. The lowest BCUT2D eigenvalue weighted by atomic mass is 10.1. The molecule has 7 N–H and O–H groups in total. The van der Waals surface area contributed by atoms with E-state index in [-0.39, 0.29) is 24.1 Å². The summed E-state index contributed by atoms with van der Waals surface area (Å²) in [5.74, 6) is -2.53. The first-order valence-corrected chi connectivity index (χ1v) is 10.1. The minimum atomic E-state index is -1.14. The van der Waals surface area contributed by atoms with Gasteiger partial charge in [-0.2, -0.15) is 12.6 Å². The lowest BCUT2D eigenvalue weighted by Crippen LogP contribution is -2.56. The molecule has 0 saturated carbocycles. The van der Waals surface area contributed by atoms with E-state index in [0.29, 0.717) is 25.8 Å². The van der Waals surface area contributed by atoms with Crippen LogP contribution in [0.25, 0.3) is 0 Å². The predicted octanol–water partition coefficient (Wildman–Crippen LogP) is -1.64. The Morgan fingerprint density at radius 2 is 1.86 bits per heavy atom. The molecular formula is C17H31N5O5S. The molecule has 0 spiro atoms. The lowest BCUT2D eigenvalue weighted by Gasteiger charge is -2.22. The number of nitrogens with two attached hydrogens (primary N) is 1. The van der Waals surface area contributed by atoms with Gasteiger partial charge in [0, 0.05) is 5.75 Å². The predicted molar refractivity (Wildman–Crippen MR) is 107 cm³/mol. The van der Waals surface area contributed by atoms with Crippen molar-refractivity contribution in [2.24, 2.45) is 5.73 Å². The van der Waals surface area contributed by atoms with Crippen LogP contribution >= 0.6 is 12.6 Å². The molecule has 1 aliphatic heterocycles. The van der Waals surface area contributed by atoms with Crippen molar-refractivity contribution in [2.75, 3.05) is 18.8 Å². The first-order chi connectivity index (χ1) is 13.3. The van der Waals surface area contributed by atoms with E-state index in [1.165, 1.54) is 6.92 Å². The number of unbranched alkanes of at least 4 members (excludes halogenated alkanes) is 1. The maximum Gasteiger partial charge on any atom is 0.326 e. The Morgan fingerprint density at radius 1 is 1.14 bits per heavy atom. The van der Waals surface area contributed by atoms with E-state index in [4.69, 9.17) is 5.73 Å². The zero-order chi connectivity index (χ0) is 21.1. The topological polar surface area (TPSA) is 163 Å². The molecule has 0 aromatic heterocycles. The number of thiol groups is 1. The summed E-state index contributed by atoms with van der Waals surface area (Å²) in [5.41, 5.74) is 5.39. The van der Waals surface area contributed by atoms with Crippen molar-refractivity contribution in [1.82, 2.24) is 21.3 Å². The molecule has 0 bridgehead atoms. The van der Waals surface area contributed by atoms with Gasteiger partial charge in [-0.25, -0.2) is 4.79 Å².